The Hall–Kier alpha value is -1.14. The SMILES string of the molecule is N#CCc1cc(Cl)cc(Cl)c1Sc1ccccc1. The van der Waals surface area contributed by atoms with E-state index >= 15 is 0 Å². The first-order chi connectivity index (χ1) is 8.70. The summed E-state index contributed by atoms with van der Waals surface area (Å²) in [5, 5.41) is 9.99. The Labute approximate surface area is 120 Å². The Morgan fingerprint density at radius 2 is 1.83 bits per heavy atom. The average Bonchev–Trinajstić information content (AvgIpc) is 2.35. The third-order valence-corrected chi connectivity index (χ3v) is 4.14. The summed E-state index contributed by atoms with van der Waals surface area (Å²) in [6.45, 7) is 0. The van der Waals surface area contributed by atoms with Crippen molar-refractivity contribution in [2.75, 3.05) is 0 Å². The molecule has 2 aromatic rings. The number of halogens is 2. The van der Waals surface area contributed by atoms with Crippen LogP contribution in [-0.4, -0.2) is 0 Å². The number of nitrogens with zero attached hydrogens (tertiary/aromatic N) is 1. The average molecular weight is 294 g/mol. The zero-order chi connectivity index (χ0) is 13.0. The van der Waals surface area contributed by atoms with Crippen molar-refractivity contribution in [1.29, 1.82) is 5.26 Å². The van der Waals surface area contributed by atoms with Crippen LogP contribution >= 0.6 is 35.0 Å². The Morgan fingerprint density at radius 1 is 1.11 bits per heavy atom. The minimum Gasteiger partial charge on any atom is -0.198 e. The van der Waals surface area contributed by atoms with Crippen molar-refractivity contribution in [1.82, 2.24) is 0 Å². The lowest BCUT2D eigenvalue weighted by Gasteiger charge is -2.09. The molecule has 4 heteroatoms. The Balaban J connectivity index is 2.40. The van der Waals surface area contributed by atoms with Gasteiger partial charge in [-0.2, -0.15) is 5.26 Å². The molecule has 0 fully saturated rings. The number of rotatable bonds is 3. The first kappa shape index (κ1) is 13.3. The van der Waals surface area contributed by atoms with Crippen LogP contribution in [0.3, 0.4) is 0 Å². The van der Waals surface area contributed by atoms with E-state index in [9.17, 15) is 0 Å². The van der Waals surface area contributed by atoms with E-state index in [0.29, 0.717) is 16.5 Å². The molecule has 18 heavy (non-hydrogen) atoms. The largest absolute Gasteiger partial charge is 0.198 e. The summed E-state index contributed by atoms with van der Waals surface area (Å²) in [7, 11) is 0. The minimum absolute atomic E-state index is 0.301. The van der Waals surface area contributed by atoms with Crippen LogP contribution in [0, 0.1) is 11.3 Å². The predicted octanol–water partition coefficient (Wildman–Crippen LogP) is 5.21. The summed E-state index contributed by atoms with van der Waals surface area (Å²) in [6, 6.07) is 15.5. The second kappa shape index (κ2) is 6.15. The standard InChI is InChI=1S/C14H9Cl2NS/c15-11-8-10(6-7-17)14(13(16)9-11)18-12-4-2-1-3-5-12/h1-5,8-9H,6H2. The van der Waals surface area contributed by atoms with Gasteiger partial charge in [-0.15, -0.1) is 0 Å². The molecule has 0 radical (unpaired) electrons. The molecule has 2 rings (SSSR count). The van der Waals surface area contributed by atoms with Gasteiger partial charge in [0.2, 0.25) is 0 Å². The fourth-order valence-corrected chi connectivity index (χ4v) is 3.15. The van der Waals surface area contributed by atoms with Crippen LogP contribution in [-0.2, 0) is 6.42 Å². The summed E-state index contributed by atoms with van der Waals surface area (Å²) in [5.74, 6) is 0. The highest BCUT2D eigenvalue weighted by molar-refractivity contribution is 7.99. The minimum atomic E-state index is 0.301. The molecule has 0 amide bonds. The second-order valence-electron chi connectivity index (χ2n) is 3.63. The highest BCUT2D eigenvalue weighted by Crippen LogP contribution is 2.38. The second-order valence-corrected chi connectivity index (χ2v) is 5.55. The fourth-order valence-electron chi connectivity index (χ4n) is 1.55. The van der Waals surface area contributed by atoms with E-state index in [1.54, 1.807) is 23.9 Å². The van der Waals surface area contributed by atoms with Gasteiger partial charge in [0.1, 0.15) is 0 Å². The molecule has 0 unspecified atom stereocenters. The molecule has 0 bridgehead atoms. The quantitative estimate of drug-likeness (QED) is 0.775. The van der Waals surface area contributed by atoms with Crippen LogP contribution in [0.1, 0.15) is 5.56 Å². The molecule has 0 saturated carbocycles. The summed E-state index contributed by atoms with van der Waals surface area (Å²) in [4.78, 5) is 1.98. The van der Waals surface area contributed by atoms with E-state index in [0.717, 1.165) is 15.4 Å². The van der Waals surface area contributed by atoms with Crippen LogP contribution in [0.25, 0.3) is 0 Å². The van der Waals surface area contributed by atoms with Crippen LogP contribution in [0.2, 0.25) is 10.0 Å². The van der Waals surface area contributed by atoms with E-state index in [4.69, 9.17) is 28.5 Å². The molecule has 0 N–H and O–H groups in total. The first-order valence-corrected chi connectivity index (χ1v) is 6.85. The van der Waals surface area contributed by atoms with Crippen LogP contribution in [0.5, 0.6) is 0 Å². The zero-order valence-electron chi connectivity index (χ0n) is 9.36. The molecule has 0 spiro atoms. The zero-order valence-corrected chi connectivity index (χ0v) is 11.7. The highest BCUT2D eigenvalue weighted by Gasteiger charge is 2.10. The smallest absolute Gasteiger partial charge is 0.0670 e. The van der Waals surface area contributed by atoms with Crippen LogP contribution in [0.4, 0.5) is 0 Å². The van der Waals surface area contributed by atoms with Gasteiger partial charge in [0.05, 0.1) is 17.5 Å². The van der Waals surface area contributed by atoms with Gasteiger partial charge in [0.25, 0.3) is 0 Å². The topological polar surface area (TPSA) is 23.8 Å². The van der Waals surface area contributed by atoms with Crippen molar-refractivity contribution >= 4 is 35.0 Å². The highest BCUT2D eigenvalue weighted by atomic mass is 35.5. The molecule has 0 atom stereocenters. The molecule has 0 aliphatic rings. The van der Waals surface area contributed by atoms with Crippen molar-refractivity contribution in [2.24, 2.45) is 0 Å². The van der Waals surface area contributed by atoms with E-state index in [1.165, 1.54) is 0 Å². The molecule has 2 aromatic carbocycles. The number of hydrogen-bond acceptors (Lipinski definition) is 2. The molecular formula is C14H9Cl2NS. The number of hydrogen-bond donors (Lipinski definition) is 0. The van der Waals surface area contributed by atoms with Gasteiger partial charge in [-0.1, -0.05) is 53.2 Å². The Morgan fingerprint density at radius 3 is 2.50 bits per heavy atom. The molecule has 0 aliphatic heterocycles. The van der Waals surface area contributed by atoms with Gasteiger partial charge in [-0.3, -0.25) is 0 Å². The van der Waals surface area contributed by atoms with Crippen molar-refractivity contribution in [3.63, 3.8) is 0 Å². The van der Waals surface area contributed by atoms with Gasteiger partial charge >= 0.3 is 0 Å². The monoisotopic (exact) mass is 293 g/mol. The third-order valence-electron chi connectivity index (χ3n) is 2.32. The van der Waals surface area contributed by atoms with Gasteiger partial charge in [-0.25, -0.2) is 0 Å². The van der Waals surface area contributed by atoms with Crippen molar-refractivity contribution in [3.05, 3.63) is 58.1 Å². The predicted molar refractivity (Wildman–Crippen MR) is 76.3 cm³/mol. The Bertz CT molecular complexity index is 591. The van der Waals surface area contributed by atoms with E-state index < -0.39 is 0 Å². The summed E-state index contributed by atoms with van der Waals surface area (Å²) in [6.07, 6.45) is 0.301. The van der Waals surface area contributed by atoms with E-state index in [1.807, 2.05) is 30.3 Å². The number of nitriles is 1. The maximum absolute atomic E-state index is 8.85. The lowest BCUT2D eigenvalue weighted by Crippen LogP contribution is -1.88. The molecular weight excluding hydrogens is 285 g/mol. The summed E-state index contributed by atoms with van der Waals surface area (Å²) in [5.41, 5.74) is 0.865. The molecule has 90 valence electrons. The third kappa shape index (κ3) is 3.20. The lowest BCUT2D eigenvalue weighted by molar-refractivity contribution is 1.18. The maximum Gasteiger partial charge on any atom is 0.0670 e. The lowest BCUT2D eigenvalue weighted by atomic mass is 10.2. The summed E-state index contributed by atoms with van der Waals surface area (Å²) >= 11 is 13.7. The molecule has 0 aromatic heterocycles. The van der Waals surface area contributed by atoms with Gasteiger partial charge in [-0.05, 0) is 29.8 Å². The van der Waals surface area contributed by atoms with E-state index in [-0.39, 0.29) is 0 Å². The van der Waals surface area contributed by atoms with Crippen molar-refractivity contribution in [3.8, 4) is 6.07 Å². The molecule has 0 saturated heterocycles. The van der Waals surface area contributed by atoms with Gasteiger partial charge in [0, 0.05) is 14.8 Å². The summed E-state index contributed by atoms with van der Waals surface area (Å²) < 4.78 is 0. The van der Waals surface area contributed by atoms with Crippen molar-refractivity contribution in [2.45, 2.75) is 16.2 Å². The first-order valence-electron chi connectivity index (χ1n) is 5.28. The maximum atomic E-state index is 8.85. The number of benzene rings is 2. The molecule has 0 aliphatic carbocycles. The Kier molecular flexibility index (Phi) is 4.54. The van der Waals surface area contributed by atoms with Gasteiger partial charge < -0.3 is 0 Å². The molecule has 1 nitrogen and oxygen atoms in total. The fraction of sp³-hybridized carbons (Fsp3) is 0.0714. The van der Waals surface area contributed by atoms with Crippen LogP contribution < -0.4 is 0 Å². The van der Waals surface area contributed by atoms with Crippen LogP contribution in [0.15, 0.2) is 52.3 Å². The van der Waals surface area contributed by atoms with Crippen molar-refractivity contribution < 1.29 is 0 Å². The van der Waals surface area contributed by atoms with E-state index in [2.05, 4.69) is 6.07 Å². The van der Waals surface area contributed by atoms with Gasteiger partial charge in [0.15, 0.2) is 0 Å². The molecule has 0 heterocycles. The normalized spacial score (nSPS) is 10.1.